The Morgan fingerprint density at radius 2 is 2.05 bits per heavy atom. The number of nitrogens with zero attached hydrogens (tertiary/aromatic N) is 4. The topological polar surface area (TPSA) is 41.5 Å². The number of aromatic nitrogens is 2. The van der Waals surface area contributed by atoms with Crippen LogP contribution in [0, 0.1) is 0 Å². The van der Waals surface area contributed by atoms with Crippen molar-refractivity contribution < 1.29 is 4.74 Å². The van der Waals surface area contributed by atoms with Crippen LogP contribution in [-0.2, 0) is 6.42 Å². The van der Waals surface area contributed by atoms with E-state index < -0.39 is 0 Å². The number of hydrogen-bond acceptors (Lipinski definition) is 5. The van der Waals surface area contributed by atoms with Gasteiger partial charge >= 0.3 is 0 Å². The van der Waals surface area contributed by atoms with Gasteiger partial charge in [-0.05, 0) is 13.1 Å². The number of fused-ring (bicyclic) bond motifs is 3. The highest BCUT2D eigenvalue weighted by molar-refractivity contribution is 5.92. The summed E-state index contributed by atoms with van der Waals surface area (Å²) in [5.41, 5.74) is 2.23. The molecule has 2 aromatic heterocycles. The van der Waals surface area contributed by atoms with Crippen LogP contribution in [0.1, 0.15) is 5.56 Å². The van der Waals surface area contributed by atoms with E-state index in [4.69, 9.17) is 9.72 Å². The molecular formula is C15H18N4O. The molecule has 0 atom stereocenters. The first-order valence-electron chi connectivity index (χ1n) is 7.17. The van der Waals surface area contributed by atoms with Crippen molar-refractivity contribution in [2.45, 2.75) is 6.42 Å². The monoisotopic (exact) mass is 270 g/mol. The van der Waals surface area contributed by atoms with Crippen molar-refractivity contribution in [3.05, 3.63) is 23.9 Å². The molecule has 2 aliphatic heterocycles. The van der Waals surface area contributed by atoms with E-state index in [1.807, 2.05) is 12.3 Å². The molecular weight excluding hydrogens is 252 g/mol. The van der Waals surface area contributed by atoms with Gasteiger partial charge in [-0.15, -0.1) is 0 Å². The van der Waals surface area contributed by atoms with Crippen LogP contribution in [0.5, 0.6) is 5.88 Å². The second-order valence-electron chi connectivity index (χ2n) is 5.51. The zero-order chi connectivity index (χ0) is 13.5. The zero-order valence-electron chi connectivity index (χ0n) is 11.7. The van der Waals surface area contributed by atoms with E-state index in [-0.39, 0.29) is 0 Å². The summed E-state index contributed by atoms with van der Waals surface area (Å²) < 4.78 is 5.68. The highest BCUT2D eigenvalue weighted by Gasteiger charge is 2.24. The minimum absolute atomic E-state index is 0.735. The van der Waals surface area contributed by atoms with E-state index >= 15 is 0 Å². The van der Waals surface area contributed by atoms with Crippen molar-refractivity contribution in [3.8, 4) is 5.88 Å². The molecule has 0 saturated carbocycles. The Morgan fingerprint density at radius 1 is 1.20 bits per heavy atom. The van der Waals surface area contributed by atoms with Gasteiger partial charge in [-0.3, -0.25) is 4.98 Å². The molecule has 0 N–H and O–H groups in total. The number of pyridine rings is 2. The van der Waals surface area contributed by atoms with E-state index in [0.29, 0.717) is 0 Å². The van der Waals surface area contributed by atoms with E-state index in [0.717, 1.165) is 56.4 Å². The number of piperazine rings is 1. The smallest absolute Gasteiger partial charge is 0.219 e. The van der Waals surface area contributed by atoms with Gasteiger partial charge in [-0.2, -0.15) is 4.98 Å². The lowest BCUT2D eigenvalue weighted by Gasteiger charge is -2.33. The summed E-state index contributed by atoms with van der Waals surface area (Å²) in [4.78, 5) is 14.0. The first kappa shape index (κ1) is 11.9. The molecule has 0 radical (unpaired) electrons. The number of ether oxygens (including phenoxy) is 1. The standard InChI is InChI=1S/C15H18N4O/c1-18-6-8-19(9-7-18)14-13-11(3-2-5-16-13)12-4-10-20-15(12)17-14/h2-3,5H,4,6-10H2,1H3. The summed E-state index contributed by atoms with van der Waals surface area (Å²) in [6, 6.07) is 4.13. The van der Waals surface area contributed by atoms with Gasteiger partial charge in [0.25, 0.3) is 0 Å². The highest BCUT2D eigenvalue weighted by atomic mass is 16.5. The molecule has 2 aliphatic rings. The molecule has 4 heterocycles. The predicted molar refractivity (Wildman–Crippen MR) is 78.4 cm³/mol. The molecule has 0 aliphatic carbocycles. The molecule has 2 aromatic rings. The third-order valence-corrected chi connectivity index (χ3v) is 4.20. The third-order valence-electron chi connectivity index (χ3n) is 4.20. The number of rotatable bonds is 1. The molecule has 5 nitrogen and oxygen atoms in total. The summed E-state index contributed by atoms with van der Waals surface area (Å²) in [5, 5.41) is 1.20. The lowest BCUT2D eigenvalue weighted by Crippen LogP contribution is -2.45. The van der Waals surface area contributed by atoms with E-state index in [2.05, 4.69) is 27.9 Å². The van der Waals surface area contributed by atoms with E-state index in [1.54, 1.807) is 0 Å². The van der Waals surface area contributed by atoms with Crippen molar-refractivity contribution in [2.24, 2.45) is 0 Å². The average Bonchev–Trinajstić information content (AvgIpc) is 2.96. The maximum absolute atomic E-state index is 5.68. The third kappa shape index (κ3) is 1.81. The summed E-state index contributed by atoms with van der Waals surface area (Å²) in [6.07, 6.45) is 2.79. The molecule has 0 unspecified atom stereocenters. The fourth-order valence-corrected chi connectivity index (χ4v) is 3.01. The Kier molecular flexibility index (Phi) is 2.73. The first-order valence-corrected chi connectivity index (χ1v) is 7.17. The normalized spacial score (nSPS) is 19.1. The minimum atomic E-state index is 0.735. The second-order valence-corrected chi connectivity index (χ2v) is 5.51. The van der Waals surface area contributed by atoms with E-state index in [1.165, 1.54) is 10.9 Å². The van der Waals surface area contributed by atoms with Crippen molar-refractivity contribution in [1.82, 2.24) is 14.9 Å². The SMILES string of the molecule is CN1CCN(c2nc3c(c4cccnc24)CCO3)CC1. The van der Waals surface area contributed by atoms with E-state index in [9.17, 15) is 0 Å². The van der Waals surface area contributed by atoms with Crippen molar-refractivity contribution >= 4 is 16.7 Å². The number of anilines is 1. The maximum Gasteiger partial charge on any atom is 0.219 e. The summed E-state index contributed by atoms with van der Waals surface area (Å²) in [5.74, 6) is 1.79. The summed E-state index contributed by atoms with van der Waals surface area (Å²) in [6.45, 7) is 4.85. The molecule has 1 saturated heterocycles. The van der Waals surface area contributed by atoms with Crippen molar-refractivity contribution in [2.75, 3.05) is 44.7 Å². The van der Waals surface area contributed by atoms with Gasteiger partial charge in [-0.25, -0.2) is 0 Å². The minimum Gasteiger partial charge on any atom is -0.477 e. The van der Waals surface area contributed by atoms with Gasteiger partial charge in [0, 0.05) is 49.7 Å². The summed E-state index contributed by atoms with van der Waals surface area (Å²) >= 11 is 0. The molecule has 5 heteroatoms. The Labute approximate surface area is 118 Å². The first-order chi connectivity index (χ1) is 9.83. The quantitative estimate of drug-likeness (QED) is 0.781. The van der Waals surface area contributed by atoms with Crippen LogP contribution in [0.25, 0.3) is 10.9 Å². The van der Waals surface area contributed by atoms with Crippen LogP contribution >= 0.6 is 0 Å². The largest absolute Gasteiger partial charge is 0.477 e. The van der Waals surface area contributed by atoms with Crippen LogP contribution in [0.2, 0.25) is 0 Å². The fourth-order valence-electron chi connectivity index (χ4n) is 3.01. The van der Waals surface area contributed by atoms with Crippen molar-refractivity contribution in [3.63, 3.8) is 0 Å². The van der Waals surface area contributed by atoms with Crippen molar-refractivity contribution in [1.29, 1.82) is 0 Å². The van der Waals surface area contributed by atoms with Crippen LogP contribution < -0.4 is 9.64 Å². The average molecular weight is 270 g/mol. The lowest BCUT2D eigenvalue weighted by atomic mass is 10.1. The van der Waals surface area contributed by atoms with Crippen LogP contribution in [0.15, 0.2) is 18.3 Å². The van der Waals surface area contributed by atoms with Gasteiger partial charge in [0.15, 0.2) is 5.82 Å². The predicted octanol–water partition coefficient (Wildman–Crippen LogP) is 1.32. The molecule has 0 spiro atoms. The molecule has 1 fully saturated rings. The molecule has 104 valence electrons. The highest BCUT2D eigenvalue weighted by Crippen LogP contribution is 2.35. The Bertz CT molecular complexity index is 650. The van der Waals surface area contributed by atoms with Gasteiger partial charge in [0.2, 0.25) is 5.88 Å². The molecule has 0 aromatic carbocycles. The second kappa shape index (κ2) is 4.59. The van der Waals surface area contributed by atoms with Crippen LogP contribution in [0.4, 0.5) is 5.82 Å². The lowest BCUT2D eigenvalue weighted by molar-refractivity contribution is 0.311. The van der Waals surface area contributed by atoms with Gasteiger partial charge in [0.05, 0.1) is 6.61 Å². The van der Waals surface area contributed by atoms with Gasteiger partial charge in [-0.1, -0.05) is 6.07 Å². The zero-order valence-corrected chi connectivity index (χ0v) is 11.7. The Hall–Kier alpha value is -1.88. The molecule has 0 amide bonds. The van der Waals surface area contributed by atoms with Gasteiger partial charge < -0.3 is 14.5 Å². The Morgan fingerprint density at radius 3 is 2.90 bits per heavy atom. The van der Waals surface area contributed by atoms with Gasteiger partial charge in [0.1, 0.15) is 5.52 Å². The summed E-state index contributed by atoms with van der Waals surface area (Å²) in [7, 11) is 2.16. The molecule has 0 bridgehead atoms. The number of likely N-dealkylation sites (N-methyl/N-ethyl adjacent to an activating group) is 1. The molecule has 4 rings (SSSR count). The maximum atomic E-state index is 5.68. The van der Waals surface area contributed by atoms with Crippen LogP contribution in [-0.4, -0.2) is 54.7 Å². The Balaban J connectivity index is 1.85. The fraction of sp³-hybridized carbons (Fsp3) is 0.467. The van der Waals surface area contributed by atoms with Crippen LogP contribution in [0.3, 0.4) is 0 Å². The molecule has 20 heavy (non-hydrogen) atoms. The number of hydrogen-bond donors (Lipinski definition) is 0.